The number of nitrogens with one attached hydrogen (secondary N) is 1. The van der Waals surface area contributed by atoms with Gasteiger partial charge >= 0.3 is 12.0 Å². The maximum absolute atomic E-state index is 13.1. The number of rotatable bonds is 2. The predicted molar refractivity (Wildman–Crippen MR) is 68.9 cm³/mol. The third-order valence-electron chi connectivity index (χ3n) is 3.23. The fourth-order valence-electron chi connectivity index (χ4n) is 2.19. The number of benzene rings is 1. The molecule has 108 valence electrons. The van der Waals surface area contributed by atoms with Crippen molar-refractivity contribution in [2.24, 2.45) is 0 Å². The maximum atomic E-state index is 13.1. The van der Waals surface area contributed by atoms with Crippen molar-refractivity contribution < 1.29 is 24.2 Å². The zero-order chi connectivity index (χ0) is 14.9. The topological polar surface area (TPSA) is 89.9 Å². The molecule has 3 N–H and O–H groups in total. The van der Waals surface area contributed by atoms with Crippen LogP contribution in [0.15, 0.2) is 18.2 Å². The van der Waals surface area contributed by atoms with Crippen LogP contribution in [0.1, 0.15) is 12.0 Å². The van der Waals surface area contributed by atoms with E-state index in [4.69, 9.17) is 5.11 Å². The second-order valence-corrected chi connectivity index (χ2v) is 4.79. The van der Waals surface area contributed by atoms with Crippen molar-refractivity contribution in [3.05, 3.63) is 29.6 Å². The van der Waals surface area contributed by atoms with Crippen LogP contribution in [0.2, 0.25) is 0 Å². The summed E-state index contributed by atoms with van der Waals surface area (Å²) >= 11 is 0. The molecule has 1 saturated heterocycles. The summed E-state index contributed by atoms with van der Waals surface area (Å²) in [4.78, 5) is 24.1. The number of β-amino-alcohol motifs (C(OH)–C–C–N with tert-alkyl or cyclic N) is 1. The number of hydrogen-bond donors (Lipinski definition) is 3. The molecule has 2 atom stereocenters. The molecule has 1 aliphatic heterocycles. The number of amides is 2. The van der Waals surface area contributed by atoms with E-state index in [-0.39, 0.29) is 18.8 Å². The lowest BCUT2D eigenvalue weighted by molar-refractivity contribution is -0.141. The highest BCUT2D eigenvalue weighted by atomic mass is 19.1. The Morgan fingerprint density at radius 3 is 2.75 bits per heavy atom. The second kappa shape index (κ2) is 5.46. The minimum Gasteiger partial charge on any atom is -0.480 e. The van der Waals surface area contributed by atoms with Gasteiger partial charge in [0.15, 0.2) is 0 Å². The molecule has 0 aliphatic carbocycles. The van der Waals surface area contributed by atoms with Gasteiger partial charge < -0.3 is 20.4 Å². The quantitative estimate of drug-likeness (QED) is 0.760. The molecule has 0 spiro atoms. The lowest BCUT2D eigenvalue weighted by Crippen LogP contribution is -2.43. The maximum Gasteiger partial charge on any atom is 0.326 e. The summed E-state index contributed by atoms with van der Waals surface area (Å²) in [6.07, 6.45) is -0.845. The zero-order valence-electron chi connectivity index (χ0n) is 10.8. The molecule has 1 fully saturated rings. The lowest BCUT2D eigenvalue weighted by atomic mass is 10.2. The molecule has 1 aromatic rings. The first-order valence-electron chi connectivity index (χ1n) is 6.13. The average molecular weight is 282 g/mol. The molecule has 0 bridgehead atoms. The van der Waals surface area contributed by atoms with Gasteiger partial charge in [0.05, 0.1) is 6.10 Å². The standard InChI is InChI=1S/C13H15FN2O4/c1-7-4-8(2-3-10(7)14)15-13(20)16-6-9(17)5-11(16)12(18)19/h2-4,9,11,17H,5-6H2,1H3,(H,15,20)(H,18,19). The summed E-state index contributed by atoms with van der Waals surface area (Å²) in [5.41, 5.74) is 0.749. The molecule has 20 heavy (non-hydrogen) atoms. The summed E-state index contributed by atoms with van der Waals surface area (Å²) in [5, 5.41) is 21.0. The number of aliphatic carboxylic acids is 1. The molecule has 0 aromatic heterocycles. The van der Waals surface area contributed by atoms with E-state index in [0.29, 0.717) is 11.3 Å². The third-order valence-corrected chi connectivity index (χ3v) is 3.23. The Morgan fingerprint density at radius 2 is 2.15 bits per heavy atom. The van der Waals surface area contributed by atoms with Crippen molar-refractivity contribution in [1.29, 1.82) is 0 Å². The number of urea groups is 1. The molecule has 2 rings (SSSR count). The number of aliphatic hydroxyl groups is 1. The van der Waals surface area contributed by atoms with Crippen molar-refractivity contribution in [2.75, 3.05) is 11.9 Å². The van der Waals surface area contributed by atoms with Crippen LogP contribution in [0.5, 0.6) is 0 Å². The first-order valence-corrected chi connectivity index (χ1v) is 6.13. The van der Waals surface area contributed by atoms with E-state index >= 15 is 0 Å². The van der Waals surface area contributed by atoms with Crippen LogP contribution < -0.4 is 5.32 Å². The van der Waals surface area contributed by atoms with Crippen LogP contribution in [0.25, 0.3) is 0 Å². The number of carboxylic acid groups (broad SMARTS) is 1. The summed E-state index contributed by atoms with van der Waals surface area (Å²) in [5.74, 6) is -1.55. The molecule has 2 amide bonds. The number of anilines is 1. The van der Waals surface area contributed by atoms with Crippen molar-refractivity contribution >= 4 is 17.7 Å². The van der Waals surface area contributed by atoms with Crippen LogP contribution >= 0.6 is 0 Å². The van der Waals surface area contributed by atoms with Gasteiger partial charge in [0.2, 0.25) is 0 Å². The SMILES string of the molecule is Cc1cc(NC(=O)N2CC(O)CC2C(=O)O)ccc1F. The van der Waals surface area contributed by atoms with Gasteiger partial charge in [0.25, 0.3) is 0 Å². The number of likely N-dealkylation sites (tertiary alicyclic amines) is 1. The summed E-state index contributed by atoms with van der Waals surface area (Å²) in [6.45, 7) is 1.52. The van der Waals surface area contributed by atoms with Crippen LogP contribution in [-0.4, -0.2) is 45.8 Å². The number of aliphatic hydroxyl groups excluding tert-OH is 1. The van der Waals surface area contributed by atoms with Crippen LogP contribution in [0.3, 0.4) is 0 Å². The lowest BCUT2D eigenvalue weighted by Gasteiger charge is -2.21. The van der Waals surface area contributed by atoms with Crippen LogP contribution in [0.4, 0.5) is 14.9 Å². The van der Waals surface area contributed by atoms with E-state index in [0.717, 1.165) is 4.90 Å². The molecule has 6 nitrogen and oxygen atoms in total. The van der Waals surface area contributed by atoms with Crippen molar-refractivity contribution in [3.8, 4) is 0 Å². The first-order chi connectivity index (χ1) is 9.38. The van der Waals surface area contributed by atoms with E-state index in [1.54, 1.807) is 6.92 Å². The van der Waals surface area contributed by atoms with Crippen LogP contribution in [0, 0.1) is 12.7 Å². The van der Waals surface area contributed by atoms with Crippen molar-refractivity contribution in [1.82, 2.24) is 4.90 Å². The molecule has 0 saturated carbocycles. The highest BCUT2D eigenvalue weighted by molar-refractivity contribution is 5.92. The highest BCUT2D eigenvalue weighted by Crippen LogP contribution is 2.20. The molecule has 2 unspecified atom stereocenters. The number of carboxylic acids is 1. The molecule has 1 aromatic carbocycles. The second-order valence-electron chi connectivity index (χ2n) is 4.79. The smallest absolute Gasteiger partial charge is 0.326 e. The van der Waals surface area contributed by atoms with E-state index < -0.39 is 24.1 Å². The Balaban J connectivity index is 2.11. The number of aryl methyl sites for hydroxylation is 1. The monoisotopic (exact) mass is 282 g/mol. The number of nitrogens with zero attached hydrogens (tertiary/aromatic N) is 1. The Bertz CT molecular complexity index is 549. The predicted octanol–water partition coefficient (Wildman–Crippen LogP) is 1.19. The van der Waals surface area contributed by atoms with Gasteiger partial charge in [0, 0.05) is 18.7 Å². The zero-order valence-corrected chi connectivity index (χ0v) is 10.8. The summed E-state index contributed by atoms with van der Waals surface area (Å²) in [6, 6.07) is 2.39. The number of halogens is 1. The highest BCUT2D eigenvalue weighted by Gasteiger charge is 2.38. The van der Waals surface area contributed by atoms with Crippen LogP contribution in [-0.2, 0) is 4.79 Å². The Labute approximate surface area is 114 Å². The van der Waals surface area contributed by atoms with Crippen molar-refractivity contribution in [2.45, 2.75) is 25.5 Å². The van der Waals surface area contributed by atoms with Gasteiger partial charge in [-0.1, -0.05) is 0 Å². The number of hydrogen-bond acceptors (Lipinski definition) is 3. The Hall–Kier alpha value is -2.15. The van der Waals surface area contributed by atoms with Gasteiger partial charge in [-0.05, 0) is 30.7 Å². The molecule has 1 aliphatic rings. The molecular formula is C13H15FN2O4. The van der Waals surface area contributed by atoms with E-state index in [1.807, 2.05) is 0 Å². The molecule has 7 heteroatoms. The minimum atomic E-state index is -1.16. The van der Waals surface area contributed by atoms with Gasteiger partial charge in [-0.15, -0.1) is 0 Å². The van der Waals surface area contributed by atoms with E-state index in [1.165, 1.54) is 18.2 Å². The Kier molecular flexibility index (Phi) is 3.89. The van der Waals surface area contributed by atoms with Crippen molar-refractivity contribution in [3.63, 3.8) is 0 Å². The summed E-state index contributed by atoms with van der Waals surface area (Å²) < 4.78 is 13.1. The third kappa shape index (κ3) is 2.88. The summed E-state index contributed by atoms with van der Waals surface area (Å²) in [7, 11) is 0. The van der Waals surface area contributed by atoms with Gasteiger partial charge in [-0.3, -0.25) is 0 Å². The number of carbonyl (C=O) groups is 2. The molecule has 1 heterocycles. The first kappa shape index (κ1) is 14.3. The Morgan fingerprint density at radius 1 is 1.45 bits per heavy atom. The van der Waals surface area contributed by atoms with Gasteiger partial charge in [0.1, 0.15) is 11.9 Å². The largest absolute Gasteiger partial charge is 0.480 e. The van der Waals surface area contributed by atoms with E-state index in [9.17, 15) is 19.1 Å². The normalized spacial score (nSPS) is 21.9. The van der Waals surface area contributed by atoms with Gasteiger partial charge in [-0.2, -0.15) is 0 Å². The number of carbonyl (C=O) groups excluding carboxylic acids is 1. The van der Waals surface area contributed by atoms with E-state index in [2.05, 4.69) is 5.32 Å². The van der Waals surface area contributed by atoms with Gasteiger partial charge in [-0.25, -0.2) is 14.0 Å². The molecule has 0 radical (unpaired) electrons. The minimum absolute atomic E-state index is 0.00516. The fourth-order valence-corrected chi connectivity index (χ4v) is 2.19. The average Bonchev–Trinajstić information content (AvgIpc) is 2.76. The fraction of sp³-hybridized carbons (Fsp3) is 0.385. The molecular weight excluding hydrogens is 267 g/mol.